The Morgan fingerprint density at radius 2 is 1.78 bits per heavy atom. The molecule has 2 heteroatoms. The van der Waals surface area contributed by atoms with E-state index in [2.05, 4.69) is 33.8 Å². The molecule has 0 aromatic heterocycles. The van der Waals surface area contributed by atoms with E-state index in [1.54, 1.807) is 19.2 Å². The van der Waals surface area contributed by atoms with E-state index < -0.39 is 0 Å². The van der Waals surface area contributed by atoms with Crippen molar-refractivity contribution in [1.82, 2.24) is 0 Å². The van der Waals surface area contributed by atoms with Gasteiger partial charge in [-0.3, -0.25) is 0 Å². The SMILES string of the molecule is CCCC(C)(C)Cc1cc(C)ccc1-c1cc(OC)ccc1F. The van der Waals surface area contributed by atoms with Crippen molar-refractivity contribution >= 4 is 0 Å². The van der Waals surface area contributed by atoms with Gasteiger partial charge in [-0.05, 0) is 54.5 Å². The van der Waals surface area contributed by atoms with Crippen LogP contribution in [-0.4, -0.2) is 7.11 Å². The average Bonchev–Trinajstić information content (AvgIpc) is 2.48. The van der Waals surface area contributed by atoms with Gasteiger partial charge in [-0.2, -0.15) is 0 Å². The first-order valence-electron chi connectivity index (χ1n) is 8.30. The third-order valence-electron chi connectivity index (χ3n) is 4.32. The van der Waals surface area contributed by atoms with Crippen molar-refractivity contribution in [2.45, 2.75) is 47.0 Å². The molecule has 0 aliphatic heterocycles. The number of rotatable bonds is 6. The van der Waals surface area contributed by atoms with Crippen molar-refractivity contribution in [3.63, 3.8) is 0 Å². The fourth-order valence-corrected chi connectivity index (χ4v) is 3.25. The second kappa shape index (κ2) is 7.16. The Balaban J connectivity index is 2.51. The Bertz CT molecular complexity index is 674. The van der Waals surface area contributed by atoms with Gasteiger partial charge in [0.1, 0.15) is 11.6 Å². The van der Waals surface area contributed by atoms with E-state index in [1.807, 2.05) is 12.1 Å². The summed E-state index contributed by atoms with van der Waals surface area (Å²) in [6.07, 6.45) is 3.25. The smallest absolute Gasteiger partial charge is 0.131 e. The van der Waals surface area contributed by atoms with Crippen molar-refractivity contribution in [3.8, 4) is 16.9 Å². The van der Waals surface area contributed by atoms with Crippen LogP contribution in [0.5, 0.6) is 5.75 Å². The summed E-state index contributed by atoms with van der Waals surface area (Å²) in [4.78, 5) is 0. The van der Waals surface area contributed by atoms with Gasteiger partial charge in [0.25, 0.3) is 0 Å². The summed E-state index contributed by atoms with van der Waals surface area (Å²) in [6.45, 7) is 8.86. The summed E-state index contributed by atoms with van der Waals surface area (Å²) in [5, 5.41) is 0. The summed E-state index contributed by atoms with van der Waals surface area (Å²) in [5.74, 6) is 0.477. The second-order valence-corrected chi connectivity index (χ2v) is 7.10. The first kappa shape index (κ1) is 17.5. The largest absolute Gasteiger partial charge is 0.497 e. The molecule has 2 rings (SSSR count). The van der Waals surface area contributed by atoms with Crippen LogP contribution in [0.25, 0.3) is 11.1 Å². The zero-order chi connectivity index (χ0) is 17.0. The highest BCUT2D eigenvalue weighted by Crippen LogP contribution is 2.35. The van der Waals surface area contributed by atoms with E-state index in [0.29, 0.717) is 11.3 Å². The summed E-state index contributed by atoms with van der Waals surface area (Å²) < 4.78 is 19.7. The molecule has 0 spiro atoms. The predicted octanol–water partition coefficient (Wildman–Crippen LogP) is 6.18. The van der Waals surface area contributed by atoms with Crippen molar-refractivity contribution < 1.29 is 9.13 Å². The molecule has 124 valence electrons. The molecule has 0 aliphatic carbocycles. The Morgan fingerprint density at radius 3 is 2.43 bits per heavy atom. The quantitative estimate of drug-likeness (QED) is 0.618. The predicted molar refractivity (Wildman–Crippen MR) is 95.5 cm³/mol. The van der Waals surface area contributed by atoms with Crippen LogP contribution in [-0.2, 0) is 6.42 Å². The maximum Gasteiger partial charge on any atom is 0.131 e. The Morgan fingerprint density at radius 1 is 1.04 bits per heavy atom. The highest BCUT2D eigenvalue weighted by molar-refractivity contribution is 5.70. The minimum absolute atomic E-state index is 0.201. The van der Waals surface area contributed by atoms with Gasteiger partial charge in [0.2, 0.25) is 0 Å². The minimum Gasteiger partial charge on any atom is -0.497 e. The van der Waals surface area contributed by atoms with Gasteiger partial charge in [-0.25, -0.2) is 4.39 Å². The molecule has 2 aromatic rings. The molecule has 0 unspecified atom stereocenters. The third kappa shape index (κ3) is 4.34. The van der Waals surface area contributed by atoms with Crippen LogP contribution < -0.4 is 4.74 Å². The molecule has 0 heterocycles. The van der Waals surface area contributed by atoms with Gasteiger partial charge in [-0.15, -0.1) is 0 Å². The van der Waals surface area contributed by atoms with Gasteiger partial charge in [-0.1, -0.05) is 51.0 Å². The van der Waals surface area contributed by atoms with Crippen molar-refractivity contribution in [2.24, 2.45) is 5.41 Å². The van der Waals surface area contributed by atoms with E-state index in [-0.39, 0.29) is 11.2 Å². The van der Waals surface area contributed by atoms with Gasteiger partial charge in [0, 0.05) is 5.56 Å². The van der Waals surface area contributed by atoms with E-state index in [4.69, 9.17) is 4.74 Å². The third-order valence-corrected chi connectivity index (χ3v) is 4.32. The van der Waals surface area contributed by atoms with Crippen LogP contribution >= 0.6 is 0 Å². The number of hydrogen-bond donors (Lipinski definition) is 0. The van der Waals surface area contributed by atoms with Crippen LogP contribution in [0.4, 0.5) is 4.39 Å². The minimum atomic E-state index is -0.204. The summed E-state index contributed by atoms with van der Waals surface area (Å²) >= 11 is 0. The molecular weight excluding hydrogens is 287 g/mol. The topological polar surface area (TPSA) is 9.23 Å². The highest BCUT2D eigenvalue weighted by atomic mass is 19.1. The molecule has 0 radical (unpaired) electrons. The van der Waals surface area contributed by atoms with Gasteiger partial charge in [0.15, 0.2) is 0 Å². The molecule has 1 nitrogen and oxygen atoms in total. The second-order valence-electron chi connectivity index (χ2n) is 7.10. The molecule has 2 aromatic carbocycles. The summed E-state index contributed by atoms with van der Waals surface area (Å²) in [5.41, 5.74) is 4.20. The monoisotopic (exact) mass is 314 g/mol. The van der Waals surface area contributed by atoms with E-state index >= 15 is 0 Å². The fourth-order valence-electron chi connectivity index (χ4n) is 3.25. The van der Waals surface area contributed by atoms with E-state index in [1.165, 1.54) is 17.2 Å². The fraction of sp³-hybridized carbons (Fsp3) is 0.429. The average molecular weight is 314 g/mol. The lowest BCUT2D eigenvalue weighted by molar-refractivity contribution is 0.329. The normalized spacial score (nSPS) is 11.6. The Kier molecular flexibility index (Phi) is 5.46. The zero-order valence-corrected chi connectivity index (χ0v) is 14.9. The molecule has 0 bridgehead atoms. The maximum atomic E-state index is 14.4. The zero-order valence-electron chi connectivity index (χ0n) is 14.9. The van der Waals surface area contributed by atoms with Gasteiger partial charge in [0.05, 0.1) is 7.11 Å². The first-order chi connectivity index (χ1) is 10.9. The van der Waals surface area contributed by atoms with Gasteiger partial charge >= 0.3 is 0 Å². The number of methoxy groups -OCH3 is 1. The van der Waals surface area contributed by atoms with Crippen molar-refractivity contribution in [2.75, 3.05) is 7.11 Å². The summed E-state index contributed by atoms with van der Waals surface area (Å²) in [7, 11) is 1.61. The number of benzene rings is 2. The number of halogens is 1. The molecular formula is C21H27FO. The Hall–Kier alpha value is -1.83. The molecule has 0 saturated heterocycles. The molecule has 0 fully saturated rings. The molecule has 0 atom stereocenters. The molecule has 0 amide bonds. The lowest BCUT2D eigenvalue weighted by Gasteiger charge is -2.26. The van der Waals surface area contributed by atoms with Crippen molar-refractivity contribution in [1.29, 1.82) is 0 Å². The number of aryl methyl sites for hydroxylation is 1. The number of ether oxygens (including phenoxy) is 1. The molecule has 0 aliphatic rings. The molecule has 23 heavy (non-hydrogen) atoms. The maximum absolute atomic E-state index is 14.4. The first-order valence-corrected chi connectivity index (χ1v) is 8.30. The lowest BCUT2D eigenvalue weighted by atomic mass is 9.79. The van der Waals surface area contributed by atoms with Crippen LogP contribution in [0.3, 0.4) is 0 Å². The van der Waals surface area contributed by atoms with E-state index in [0.717, 1.165) is 24.8 Å². The lowest BCUT2D eigenvalue weighted by Crippen LogP contribution is -2.15. The standard InChI is InChI=1S/C21H27FO/c1-6-11-21(3,4)14-16-12-15(2)7-9-18(16)19-13-17(23-5)8-10-20(19)22/h7-10,12-13H,6,11,14H2,1-5H3. The molecule has 0 N–H and O–H groups in total. The van der Waals surface area contributed by atoms with E-state index in [9.17, 15) is 4.39 Å². The van der Waals surface area contributed by atoms with Crippen molar-refractivity contribution in [3.05, 3.63) is 53.3 Å². The Labute approximate surface area is 139 Å². The van der Waals surface area contributed by atoms with Crippen LogP contribution in [0.2, 0.25) is 0 Å². The van der Waals surface area contributed by atoms with Crippen LogP contribution in [0.15, 0.2) is 36.4 Å². The highest BCUT2D eigenvalue weighted by Gasteiger charge is 2.20. The van der Waals surface area contributed by atoms with Crippen LogP contribution in [0, 0.1) is 18.2 Å². The van der Waals surface area contributed by atoms with Crippen LogP contribution in [0.1, 0.15) is 44.7 Å². The molecule has 0 saturated carbocycles. The number of hydrogen-bond acceptors (Lipinski definition) is 1. The summed E-state index contributed by atoms with van der Waals surface area (Å²) in [6, 6.07) is 11.2. The van der Waals surface area contributed by atoms with Gasteiger partial charge < -0.3 is 4.74 Å².